The van der Waals surface area contributed by atoms with Crippen LogP contribution in [0.4, 0.5) is 0 Å². The minimum atomic E-state index is 0.289. The molecule has 3 nitrogen and oxygen atoms in total. The number of para-hydroxylation sites is 1. The van der Waals surface area contributed by atoms with Crippen molar-refractivity contribution in [2.75, 3.05) is 33.8 Å². The van der Waals surface area contributed by atoms with Gasteiger partial charge in [0, 0.05) is 18.0 Å². The molecule has 0 saturated carbocycles. The predicted octanol–water partition coefficient (Wildman–Crippen LogP) is 4.47. The molecular formula is C23H34N2O. The molecule has 0 radical (unpaired) electrons. The van der Waals surface area contributed by atoms with Crippen molar-refractivity contribution in [3.05, 3.63) is 65.2 Å². The average Bonchev–Trinajstić information content (AvgIpc) is 2.66. The van der Waals surface area contributed by atoms with E-state index in [4.69, 9.17) is 4.74 Å². The minimum Gasteiger partial charge on any atom is -0.493 e. The van der Waals surface area contributed by atoms with Crippen LogP contribution in [0.3, 0.4) is 0 Å². The van der Waals surface area contributed by atoms with Crippen LogP contribution < -0.4 is 10.1 Å². The van der Waals surface area contributed by atoms with E-state index < -0.39 is 0 Å². The van der Waals surface area contributed by atoms with E-state index >= 15 is 0 Å². The molecule has 0 heterocycles. The molecule has 2 aromatic carbocycles. The van der Waals surface area contributed by atoms with Crippen molar-refractivity contribution in [1.82, 2.24) is 10.2 Å². The molecule has 0 spiro atoms. The number of hydrogen-bond donors (Lipinski definition) is 1. The van der Waals surface area contributed by atoms with Gasteiger partial charge < -0.3 is 15.0 Å². The van der Waals surface area contributed by atoms with Crippen LogP contribution in [0.5, 0.6) is 5.75 Å². The molecular weight excluding hydrogens is 320 g/mol. The fourth-order valence-electron chi connectivity index (χ4n) is 3.01. The number of rotatable bonds is 11. The third-order valence-electron chi connectivity index (χ3n) is 4.70. The van der Waals surface area contributed by atoms with Crippen LogP contribution in [-0.2, 0) is 12.8 Å². The number of nitrogens with one attached hydrogen (secondary N) is 1. The van der Waals surface area contributed by atoms with Crippen molar-refractivity contribution in [3.63, 3.8) is 0 Å². The van der Waals surface area contributed by atoms with Crippen molar-refractivity contribution in [2.45, 2.75) is 39.2 Å². The molecule has 0 aliphatic heterocycles. The molecule has 0 fully saturated rings. The summed E-state index contributed by atoms with van der Waals surface area (Å²) < 4.78 is 6.12. The van der Waals surface area contributed by atoms with Gasteiger partial charge in [-0.2, -0.15) is 0 Å². The molecule has 0 amide bonds. The van der Waals surface area contributed by atoms with E-state index in [0.29, 0.717) is 6.61 Å². The van der Waals surface area contributed by atoms with Crippen LogP contribution in [0.25, 0.3) is 0 Å². The summed E-state index contributed by atoms with van der Waals surface area (Å²) in [5.41, 5.74) is 3.95. The zero-order valence-corrected chi connectivity index (χ0v) is 16.8. The summed E-state index contributed by atoms with van der Waals surface area (Å²) in [4.78, 5) is 2.22. The second-order valence-electron chi connectivity index (χ2n) is 7.14. The van der Waals surface area contributed by atoms with E-state index in [0.717, 1.165) is 38.1 Å². The third-order valence-corrected chi connectivity index (χ3v) is 4.70. The number of hydrogen-bond acceptors (Lipinski definition) is 3. The quantitative estimate of drug-likeness (QED) is 0.603. The second kappa shape index (κ2) is 11.0. The molecule has 0 saturated heterocycles. The Morgan fingerprint density at radius 2 is 1.69 bits per heavy atom. The van der Waals surface area contributed by atoms with Gasteiger partial charge in [0.1, 0.15) is 5.75 Å². The number of ether oxygens (including phenoxy) is 1. The molecule has 2 aromatic rings. The van der Waals surface area contributed by atoms with Gasteiger partial charge in [-0.1, -0.05) is 49.4 Å². The molecule has 142 valence electrons. The summed E-state index contributed by atoms with van der Waals surface area (Å²) in [5, 5.41) is 3.61. The summed E-state index contributed by atoms with van der Waals surface area (Å²) >= 11 is 0. The molecule has 2 rings (SSSR count). The maximum Gasteiger partial charge on any atom is 0.124 e. The van der Waals surface area contributed by atoms with Crippen LogP contribution in [0.2, 0.25) is 0 Å². The first-order valence-electron chi connectivity index (χ1n) is 9.77. The Kier molecular flexibility index (Phi) is 8.66. The molecule has 0 aliphatic rings. The zero-order valence-electron chi connectivity index (χ0n) is 16.8. The zero-order chi connectivity index (χ0) is 18.8. The van der Waals surface area contributed by atoms with Crippen LogP contribution in [0.15, 0.2) is 48.5 Å². The highest BCUT2D eigenvalue weighted by molar-refractivity contribution is 5.35. The summed E-state index contributed by atoms with van der Waals surface area (Å²) in [5.74, 6) is 0.991. The third kappa shape index (κ3) is 6.81. The van der Waals surface area contributed by atoms with Gasteiger partial charge in [0.25, 0.3) is 0 Å². The standard InChI is InChI=1S/C23H34N2O/c1-5-20-11-13-21(14-12-20)15-18-26-23-10-7-6-9-22(23)19(2)24-16-8-17-25(3)4/h6-7,9-14,19,24H,5,8,15-18H2,1-4H3. The smallest absolute Gasteiger partial charge is 0.124 e. The van der Waals surface area contributed by atoms with Crippen molar-refractivity contribution >= 4 is 0 Å². The molecule has 1 unspecified atom stereocenters. The minimum absolute atomic E-state index is 0.289. The normalized spacial score (nSPS) is 12.3. The Labute approximate surface area is 159 Å². The van der Waals surface area contributed by atoms with E-state index in [1.165, 1.54) is 16.7 Å². The highest BCUT2D eigenvalue weighted by Crippen LogP contribution is 2.25. The number of benzene rings is 2. The first-order valence-corrected chi connectivity index (χ1v) is 9.77. The van der Waals surface area contributed by atoms with Gasteiger partial charge in [0.05, 0.1) is 6.61 Å². The van der Waals surface area contributed by atoms with E-state index in [1.54, 1.807) is 0 Å². The van der Waals surface area contributed by atoms with Gasteiger partial charge in [-0.25, -0.2) is 0 Å². The number of nitrogens with zero attached hydrogens (tertiary/aromatic N) is 1. The van der Waals surface area contributed by atoms with Crippen LogP contribution in [-0.4, -0.2) is 38.7 Å². The predicted molar refractivity (Wildman–Crippen MR) is 111 cm³/mol. The number of aryl methyl sites for hydroxylation is 1. The van der Waals surface area contributed by atoms with Gasteiger partial charge in [-0.3, -0.25) is 0 Å². The van der Waals surface area contributed by atoms with Gasteiger partial charge in [0.2, 0.25) is 0 Å². The van der Waals surface area contributed by atoms with Crippen LogP contribution in [0.1, 0.15) is 43.0 Å². The molecule has 0 bridgehead atoms. The highest BCUT2D eigenvalue weighted by atomic mass is 16.5. The largest absolute Gasteiger partial charge is 0.493 e. The lowest BCUT2D eigenvalue weighted by Crippen LogP contribution is -2.24. The van der Waals surface area contributed by atoms with E-state index in [1.807, 2.05) is 6.07 Å². The molecule has 26 heavy (non-hydrogen) atoms. The monoisotopic (exact) mass is 354 g/mol. The fraction of sp³-hybridized carbons (Fsp3) is 0.478. The van der Waals surface area contributed by atoms with Crippen molar-refractivity contribution < 1.29 is 4.74 Å². The van der Waals surface area contributed by atoms with Crippen molar-refractivity contribution in [2.24, 2.45) is 0 Å². The first-order chi connectivity index (χ1) is 12.6. The first kappa shape index (κ1) is 20.5. The lowest BCUT2D eigenvalue weighted by molar-refractivity contribution is 0.314. The second-order valence-corrected chi connectivity index (χ2v) is 7.14. The summed E-state index contributed by atoms with van der Waals surface area (Å²) in [6.45, 7) is 7.22. The van der Waals surface area contributed by atoms with E-state index in [2.05, 4.69) is 80.6 Å². The molecule has 0 aliphatic carbocycles. The molecule has 3 heteroatoms. The topological polar surface area (TPSA) is 24.5 Å². The Hall–Kier alpha value is -1.84. The summed E-state index contributed by atoms with van der Waals surface area (Å²) in [7, 11) is 4.23. The van der Waals surface area contributed by atoms with Crippen molar-refractivity contribution in [3.8, 4) is 5.75 Å². The summed E-state index contributed by atoms with van der Waals surface area (Å²) in [6, 6.07) is 17.5. The van der Waals surface area contributed by atoms with Gasteiger partial charge >= 0.3 is 0 Å². The fourth-order valence-corrected chi connectivity index (χ4v) is 3.01. The lowest BCUT2D eigenvalue weighted by Gasteiger charge is -2.19. The van der Waals surface area contributed by atoms with Gasteiger partial charge in [-0.15, -0.1) is 0 Å². The SMILES string of the molecule is CCc1ccc(CCOc2ccccc2C(C)NCCCN(C)C)cc1. The van der Waals surface area contributed by atoms with Gasteiger partial charge in [-0.05, 0) is 64.1 Å². The molecule has 1 atom stereocenters. The summed E-state index contributed by atoms with van der Waals surface area (Å²) in [6.07, 6.45) is 3.17. The van der Waals surface area contributed by atoms with Crippen LogP contribution in [0, 0.1) is 0 Å². The maximum atomic E-state index is 6.12. The lowest BCUT2D eigenvalue weighted by atomic mass is 10.1. The van der Waals surface area contributed by atoms with Gasteiger partial charge in [0.15, 0.2) is 0 Å². The van der Waals surface area contributed by atoms with Crippen LogP contribution >= 0.6 is 0 Å². The van der Waals surface area contributed by atoms with E-state index in [9.17, 15) is 0 Å². The maximum absolute atomic E-state index is 6.12. The Bertz CT molecular complexity index is 637. The Morgan fingerprint density at radius 1 is 1.00 bits per heavy atom. The average molecular weight is 355 g/mol. The van der Waals surface area contributed by atoms with E-state index in [-0.39, 0.29) is 6.04 Å². The van der Waals surface area contributed by atoms with Crippen molar-refractivity contribution in [1.29, 1.82) is 0 Å². The Balaban J connectivity index is 1.85. The molecule has 0 aromatic heterocycles. The molecule has 1 N–H and O–H groups in total. The Morgan fingerprint density at radius 3 is 2.38 bits per heavy atom. The highest BCUT2D eigenvalue weighted by Gasteiger charge is 2.10.